The van der Waals surface area contributed by atoms with Crippen LogP contribution in [0.4, 0.5) is 10.1 Å². The molecule has 106 valence electrons. The highest BCUT2D eigenvalue weighted by Gasteiger charge is 2.08. The van der Waals surface area contributed by atoms with Gasteiger partial charge in [-0.3, -0.25) is 0 Å². The van der Waals surface area contributed by atoms with Crippen molar-refractivity contribution in [1.29, 1.82) is 0 Å². The molecule has 0 heterocycles. The summed E-state index contributed by atoms with van der Waals surface area (Å²) in [7, 11) is 0. The van der Waals surface area contributed by atoms with Gasteiger partial charge in [0.1, 0.15) is 5.82 Å². The molecule has 3 aromatic carbocycles. The summed E-state index contributed by atoms with van der Waals surface area (Å²) in [5.41, 5.74) is 1.65. The second kappa shape index (κ2) is 5.92. The maximum Gasteiger partial charge on any atom is 0.126 e. The fraction of sp³-hybridized carbons (Fsp3) is 0.0588. The van der Waals surface area contributed by atoms with Crippen molar-refractivity contribution in [2.24, 2.45) is 0 Å². The Bertz CT molecular complexity index is 779. The van der Waals surface area contributed by atoms with Crippen LogP contribution in [-0.2, 0) is 6.54 Å². The molecule has 0 saturated heterocycles. The Morgan fingerprint density at radius 2 is 1.52 bits per heavy atom. The summed E-state index contributed by atoms with van der Waals surface area (Å²) in [5.74, 6) is -0.443. The topological polar surface area (TPSA) is 12.0 Å². The van der Waals surface area contributed by atoms with Gasteiger partial charge in [-0.2, -0.15) is 0 Å². The maximum absolute atomic E-state index is 13.1. The number of rotatable bonds is 3. The fourth-order valence-corrected chi connectivity index (χ4v) is 2.84. The van der Waals surface area contributed by atoms with Gasteiger partial charge in [0.05, 0.1) is 15.7 Å². The molecule has 21 heavy (non-hydrogen) atoms. The molecule has 0 aliphatic heterocycles. The number of fused-ring (bicyclic) bond motifs is 1. The molecule has 0 unspecified atom stereocenters. The minimum Gasteiger partial charge on any atom is -0.379 e. The lowest BCUT2D eigenvalue weighted by atomic mass is 10.1. The predicted molar refractivity (Wildman–Crippen MR) is 87.7 cm³/mol. The summed E-state index contributed by atoms with van der Waals surface area (Å²) in [6.45, 7) is 0.565. The smallest absolute Gasteiger partial charge is 0.126 e. The Morgan fingerprint density at radius 1 is 0.857 bits per heavy atom. The third-order valence-corrected chi connectivity index (χ3v) is 3.89. The molecule has 0 saturated carbocycles. The lowest BCUT2D eigenvalue weighted by Gasteiger charge is -2.11. The minimum absolute atomic E-state index is 0.279. The van der Waals surface area contributed by atoms with Gasteiger partial charge in [-0.25, -0.2) is 4.39 Å². The molecule has 3 rings (SSSR count). The molecular weight excluding hydrogens is 308 g/mol. The van der Waals surface area contributed by atoms with E-state index < -0.39 is 5.82 Å². The fourth-order valence-electron chi connectivity index (χ4n) is 2.25. The molecule has 0 aliphatic carbocycles. The van der Waals surface area contributed by atoms with E-state index in [4.69, 9.17) is 23.2 Å². The van der Waals surface area contributed by atoms with E-state index in [2.05, 4.69) is 29.6 Å². The minimum atomic E-state index is -0.443. The molecule has 0 atom stereocenters. The Hall–Kier alpha value is -1.77. The highest BCUT2D eigenvalue weighted by atomic mass is 35.5. The molecule has 0 aromatic heterocycles. The van der Waals surface area contributed by atoms with Crippen LogP contribution < -0.4 is 5.32 Å². The third kappa shape index (κ3) is 3.12. The molecule has 1 N–H and O–H groups in total. The van der Waals surface area contributed by atoms with Crippen molar-refractivity contribution < 1.29 is 4.39 Å². The van der Waals surface area contributed by atoms with Gasteiger partial charge in [0.2, 0.25) is 0 Å². The van der Waals surface area contributed by atoms with E-state index in [0.29, 0.717) is 12.2 Å². The molecule has 0 spiro atoms. The van der Waals surface area contributed by atoms with Gasteiger partial charge in [0.15, 0.2) is 0 Å². The Morgan fingerprint density at radius 3 is 2.24 bits per heavy atom. The van der Waals surface area contributed by atoms with Crippen LogP contribution in [-0.4, -0.2) is 0 Å². The van der Waals surface area contributed by atoms with Gasteiger partial charge >= 0.3 is 0 Å². The number of hydrogen-bond acceptors (Lipinski definition) is 1. The number of anilines is 1. The van der Waals surface area contributed by atoms with Crippen molar-refractivity contribution >= 4 is 39.7 Å². The van der Waals surface area contributed by atoms with Crippen molar-refractivity contribution in [3.8, 4) is 0 Å². The lowest BCUT2D eigenvalue weighted by Crippen LogP contribution is -2.01. The summed E-state index contributed by atoms with van der Waals surface area (Å²) in [4.78, 5) is 0. The Kier molecular flexibility index (Phi) is 4.00. The van der Waals surface area contributed by atoms with Crippen LogP contribution in [0, 0.1) is 5.82 Å². The number of halogens is 3. The Balaban J connectivity index is 1.83. The van der Waals surface area contributed by atoms with E-state index >= 15 is 0 Å². The predicted octanol–water partition coefficient (Wildman–Crippen LogP) is 5.90. The second-order valence-corrected chi connectivity index (χ2v) is 5.59. The molecular formula is C17H12Cl2FN. The van der Waals surface area contributed by atoms with Crippen molar-refractivity contribution in [1.82, 2.24) is 0 Å². The summed E-state index contributed by atoms with van der Waals surface area (Å²) >= 11 is 12.0. The first-order valence-electron chi connectivity index (χ1n) is 6.49. The first kappa shape index (κ1) is 14.2. The van der Waals surface area contributed by atoms with Crippen LogP contribution in [0.25, 0.3) is 10.8 Å². The highest BCUT2D eigenvalue weighted by Crippen LogP contribution is 2.31. The van der Waals surface area contributed by atoms with Crippen LogP contribution in [0.3, 0.4) is 0 Å². The summed E-state index contributed by atoms with van der Waals surface area (Å²) in [6.07, 6.45) is 0. The zero-order valence-corrected chi connectivity index (χ0v) is 12.5. The molecule has 4 heteroatoms. The second-order valence-electron chi connectivity index (χ2n) is 4.78. The van der Waals surface area contributed by atoms with Crippen LogP contribution in [0.15, 0.2) is 54.6 Å². The van der Waals surface area contributed by atoms with Crippen molar-refractivity contribution in [2.45, 2.75) is 6.54 Å². The molecule has 3 aromatic rings. The first-order chi connectivity index (χ1) is 10.1. The Labute approximate surface area is 132 Å². The van der Waals surface area contributed by atoms with E-state index in [1.165, 1.54) is 22.9 Å². The van der Waals surface area contributed by atoms with Crippen molar-refractivity contribution in [2.75, 3.05) is 5.32 Å². The molecule has 0 fully saturated rings. The lowest BCUT2D eigenvalue weighted by molar-refractivity contribution is 0.628. The van der Waals surface area contributed by atoms with Gasteiger partial charge in [-0.15, -0.1) is 0 Å². The largest absolute Gasteiger partial charge is 0.379 e. The zero-order valence-electron chi connectivity index (χ0n) is 11.0. The monoisotopic (exact) mass is 319 g/mol. The molecule has 0 bridgehead atoms. The average molecular weight is 320 g/mol. The van der Waals surface area contributed by atoms with Gasteiger partial charge in [0.25, 0.3) is 0 Å². The van der Waals surface area contributed by atoms with Gasteiger partial charge in [0, 0.05) is 6.54 Å². The van der Waals surface area contributed by atoms with Crippen LogP contribution in [0.5, 0.6) is 0 Å². The molecule has 0 aliphatic rings. The van der Waals surface area contributed by atoms with E-state index in [1.54, 1.807) is 0 Å². The first-order valence-corrected chi connectivity index (χ1v) is 7.25. The average Bonchev–Trinajstić information content (AvgIpc) is 2.46. The van der Waals surface area contributed by atoms with Gasteiger partial charge in [-0.05, 0) is 34.5 Å². The summed E-state index contributed by atoms with van der Waals surface area (Å²) < 4.78 is 13.1. The number of nitrogens with one attached hydrogen (secondary N) is 1. The van der Waals surface area contributed by atoms with Crippen molar-refractivity contribution in [3.63, 3.8) is 0 Å². The van der Waals surface area contributed by atoms with E-state index in [-0.39, 0.29) is 10.0 Å². The van der Waals surface area contributed by atoms with E-state index in [9.17, 15) is 4.39 Å². The summed E-state index contributed by atoms with van der Waals surface area (Å²) in [5, 5.41) is 6.08. The molecule has 0 radical (unpaired) electrons. The van der Waals surface area contributed by atoms with Crippen LogP contribution in [0.1, 0.15) is 5.56 Å². The van der Waals surface area contributed by atoms with Crippen LogP contribution >= 0.6 is 23.2 Å². The quantitative estimate of drug-likeness (QED) is 0.634. The SMILES string of the molecule is Fc1cc(Cl)c(NCc2ccc3ccccc3c2)c(Cl)c1. The summed E-state index contributed by atoms with van der Waals surface area (Å²) in [6, 6.07) is 16.9. The highest BCUT2D eigenvalue weighted by molar-refractivity contribution is 6.39. The standard InChI is InChI=1S/C17H12Cl2FN/c18-15-8-14(20)9-16(19)17(15)21-10-11-5-6-12-3-1-2-4-13(12)7-11/h1-9,21H,10H2. The number of hydrogen-bond donors (Lipinski definition) is 1. The van der Waals surface area contributed by atoms with Crippen LogP contribution in [0.2, 0.25) is 10.0 Å². The van der Waals surface area contributed by atoms with Gasteiger partial charge < -0.3 is 5.32 Å². The number of benzene rings is 3. The third-order valence-electron chi connectivity index (χ3n) is 3.29. The van der Waals surface area contributed by atoms with Gasteiger partial charge in [-0.1, -0.05) is 59.6 Å². The van der Waals surface area contributed by atoms with E-state index in [1.807, 2.05) is 18.2 Å². The maximum atomic E-state index is 13.1. The van der Waals surface area contributed by atoms with E-state index in [0.717, 1.165) is 5.56 Å². The zero-order chi connectivity index (χ0) is 14.8. The van der Waals surface area contributed by atoms with Crippen molar-refractivity contribution in [3.05, 3.63) is 76.0 Å². The molecule has 0 amide bonds. The normalized spacial score (nSPS) is 10.8. The molecule has 1 nitrogen and oxygen atoms in total.